The van der Waals surface area contributed by atoms with Gasteiger partial charge in [-0.15, -0.1) is 0 Å². The SMILES string of the molecule is COCc1ccc2cc(I)ccc2c1-c1c(COC)c(O)cc2cc(I)ccc12. The summed E-state index contributed by atoms with van der Waals surface area (Å²) in [6, 6.07) is 18.9. The molecule has 0 fully saturated rings. The van der Waals surface area contributed by atoms with Crippen LogP contribution in [0.4, 0.5) is 0 Å². The van der Waals surface area contributed by atoms with E-state index in [1.54, 1.807) is 14.2 Å². The highest BCUT2D eigenvalue weighted by Gasteiger charge is 2.20. The van der Waals surface area contributed by atoms with Crippen molar-refractivity contribution in [2.24, 2.45) is 0 Å². The summed E-state index contributed by atoms with van der Waals surface area (Å²) in [6.45, 7) is 0.821. The summed E-state index contributed by atoms with van der Waals surface area (Å²) in [5.41, 5.74) is 3.99. The summed E-state index contributed by atoms with van der Waals surface area (Å²) >= 11 is 4.64. The third kappa shape index (κ3) is 3.97. The normalized spacial score (nSPS) is 11.4. The van der Waals surface area contributed by atoms with E-state index in [-0.39, 0.29) is 5.75 Å². The van der Waals surface area contributed by atoms with Gasteiger partial charge in [0, 0.05) is 26.9 Å². The number of methoxy groups -OCH3 is 2. The zero-order valence-corrected chi connectivity index (χ0v) is 20.4. The number of aromatic hydroxyl groups is 1. The van der Waals surface area contributed by atoms with Gasteiger partial charge in [-0.05, 0) is 114 Å². The molecule has 4 rings (SSSR count). The van der Waals surface area contributed by atoms with Crippen LogP contribution in [0.15, 0.2) is 54.6 Å². The van der Waals surface area contributed by atoms with Crippen molar-refractivity contribution in [3.63, 3.8) is 0 Å². The summed E-state index contributed by atoms with van der Waals surface area (Å²) in [5, 5.41) is 15.3. The highest BCUT2D eigenvalue weighted by atomic mass is 127. The molecule has 0 spiro atoms. The Balaban J connectivity index is 2.19. The molecular weight excluding hydrogens is 590 g/mol. The van der Waals surface area contributed by atoms with Gasteiger partial charge in [-0.2, -0.15) is 0 Å². The second-order valence-corrected chi connectivity index (χ2v) is 9.44. The van der Waals surface area contributed by atoms with Gasteiger partial charge in [-0.25, -0.2) is 0 Å². The van der Waals surface area contributed by atoms with Crippen LogP contribution in [0.5, 0.6) is 5.75 Å². The largest absolute Gasteiger partial charge is 0.508 e. The Kier molecular flexibility index (Phi) is 6.29. The lowest BCUT2D eigenvalue weighted by molar-refractivity contribution is 0.182. The van der Waals surface area contributed by atoms with Gasteiger partial charge >= 0.3 is 0 Å². The zero-order chi connectivity index (χ0) is 20.5. The van der Waals surface area contributed by atoms with E-state index in [1.807, 2.05) is 6.07 Å². The molecule has 0 atom stereocenters. The number of hydrogen-bond acceptors (Lipinski definition) is 3. The molecule has 5 heteroatoms. The first kappa shape index (κ1) is 20.8. The maximum atomic E-state index is 10.9. The van der Waals surface area contributed by atoms with E-state index in [0.29, 0.717) is 13.2 Å². The van der Waals surface area contributed by atoms with Crippen LogP contribution in [0.1, 0.15) is 11.1 Å². The van der Waals surface area contributed by atoms with Gasteiger partial charge in [-0.3, -0.25) is 0 Å². The van der Waals surface area contributed by atoms with E-state index in [9.17, 15) is 5.11 Å². The molecule has 0 saturated heterocycles. The second-order valence-electron chi connectivity index (χ2n) is 6.95. The minimum absolute atomic E-state index is 0.252. The number of phenolic OH excluding ortho intramolecular Hbond substituents is 1. The first-order chi connectivity index (χ1) is 14.0. The van der Waals surface area contributed by atoms with Crippen molar-refractivity contribution < 1.29 is 14.6 Å². The molecule has 0 unspecified atom stereocenters. The third-order valence-corrected chi connectivity index (χ3v) is 6.43. The predicted molar refractivity (Wildman–Crippen MR) is 135 cm³/mol. The Hall–Kier alpha value is -1.42. The Labute approximate surface area is 197 Å². The molecule has 4 aromatic carbocycles. The number of benzene rings is 4. The molecule has 29 heavy (non-hydrogen) atoms. The lowest BCUT2D eigenvalue weighted by Crippen LogP contribution is -2.00. The van der Waals surface area contributed by atoms with Crippen molar-refractivity contribution in [1.82, 2.24) is 0 Å². The fourth-order valence-electron chi connectivity index (χ4n) is 3.90. The van der Waals surface area contributed by atoms with E-state index >= 15 is 0 Å². The monoisotopic (exact) mass is 610 g/mol. The third-order valence-electron chi connectivity index (χ3n) is 5.09. The molecule has 0 heterocycles. The van der Waals surface area contributed by atoms with E-state index in [2.05, 4.69) is 93.7 Å². The first-order valence-electron chi connectivity index (χ1n) is 9.17. The average molecular weight is 610 g/mol. The fraction of sp³-hybridized carbons (Fsp3) is 0.167. The number of rotatable bonds is 5. The van der Waals surface area contributed by atoms with E-state index in [4.69, 9.17) is 9.47 Å². The molecule has 0 aromatic heterocycles. The zero-order valence-electron chi connectivity index (χ0n) is 16.1. The van der Waals surface area contributed by atoms with Gasteiger partial charge in [0.1, 0.15) is 5.75 Å². The molecule has 0 saturated carbocycles. The van der Waals surface area contributed by atoms with Gasteiger partial charge in [0.05, 0.1) is 13.2 Å². The smallest absolute Gasteiger partial charge is 0.122 e. The van der Waals surface area contributed by atoms with E-state index in [1.165, 1.54) is 3.57 Å². The maximum absolute atomic E-state index is 10.9. The van der Waals surface area contributed by atoms with Gasteiger partial charge < -0.3 is 14.6 Å². The molecule has 0 aliphatic rings. The Bertz CT molecular complexity index is 1220. The summed E-state index contributed by atoms with van der Waals surface area (Å²) in [4.78, 5) is 0. The van der Waals surface area contributed by atoms with Crippen molar-refractivity contribution in [3.05, 3.63) is 72.9 Å². The Morgan fingerprint density at radius 2 is 1.34 bits per heavy atom. The van der Waals surface area contributed by atoms with Gasteiger partial charge in [-0.1, -0.05) is 24.3 Å². The van der Waals surface area contributed by atoms with Gasteiger partial charge in [0.15, 0.2) is 0 Å². The summed E-state index contributed by atoms with van der Waals surface area (Å²) in [6.07, 6.45) is 0. The Morgan fingerprint density at radius 1 is 0.724 bits per heavy atom. The number of phenols is 1. The van der Waals surface area contributed by atoms with Crippen LogP contribution in [0, 0.1) is 7.14 Å². The minimum atomic E-state index is 0.252. The quantitative estimate of drug-likeness (QED) is 0.251. The Morgan fingerprint density at radius 3 is 2.00 bits per heavy atom. The summed E-state index contributed by atoms with van der Waals surface area (Å²) in [7, 11) is 3.36. The highest BCUT2D eigenvalue weighted by molar-refractivity contribution is 14.1. The molecule has 148 valence electrons. The molecule has 0 radical (unpaired) electrons. The topological polar surface area (TPSA) is 38.7 Å². The van der Waals surface area contributed by atoms with Crippen molar-refractivity contribution in [3.8, 4) is 16.9 Å². The molecular formula is C24H20I2O3. The number of fused-ring (bicyclic) bond motifs is 2. The van der Waals surface area contributed by atoms with Crippen LogP contribution in [0.25, 0.3) is 32.7 Å². The minimum Gasteiger partial charge on any atom is -0.508 e. The lowest BCUT2D eigenvalue weighted by atomic mass is 9.87. The van der Waals surface area contributed by atoms with Crippen LogP contribution >= 0.6 is 45.2 Å². The molecule has 4 aromatic rings. The number of halogens is 2. The van der Waals surface area contributed by atoms with E-state index in [0.717, 1.165) is 47.4 Å². The lowest BCUT2D eigenvalue weighted by Gasteiger charge is -2.20. The number of hydrogen-bond donors (Lipinski definition) is 1. The molecule has 0 amide bonds. The molecule has 0 bridgehead atoms. The first-order valence-corrected chi connectivity index (χ1v) is 11.3. The van der Waals surface area contributed by atoms with Gasteiger partial charge in [0.25, 0.3) is 0 Å². The fourth-order valence-corrected chi connectivity index (χ4v) is 4.93. The average Bonchev–Trinajstić information content (AvgIpc) is 2.69. The standard InChI is InChI=1S/C24H20I2O3/c1-28-12-15-4-3-14-9-17(25)5-7-19(14)23(15)24-20-8-6-18(26)10-16(20)11-22(27)21(24)13-29-2/h3-11,27H,12-13H2,1-2H3. The summed E-state index contributed by atoms with van der Waals surface area (Å²) in [5.74, 6) is 0.252. The van der Waals surface area contributed by atoms with Crippen molar-refractivity contribution in [2.45, 2.75) is 13.2 Å². The van der Waals surface area contributed by atoms with Gasteiger partial charge in [0.2, 0.25) is 0 Å². The predicted octanol–water partition coefficient (Wildman–Crippen LogP) is 6.87. The van der Waals surface area contributed by atoms with Crippen LogP contribution in [-0.4, -0.2) is 19.3 Å². The molecule has 0 aliphatic carbocycles. The van der Waals surface area contributed by atoms with Crippen LogP contribution < -0.4 is 0 Å². The molecule has 0 aliphatic heterocycles. The number of ether oxygens (including phenoxy) is 2. The molecule has 1 N–H and O–H groups in total. The van der Waals surface area contributed by atoms with Crippen molar-refractivity contribution >= 4 is 66.7 Å². The molecule has 3 nitrogen and oxygen atoms in total. The highest BCUT2D eigenvalue weighted by Crippen LogP contribution is 2.43. The van der Waals surface area contributed by atoms with Crippen LogP contribution in [0.3, 0.4) is 0 Å². The maximum Gasteiger partial charge on any atom is 0.122 e. The van der Waals surface area contributed by atoms with E-state index < -0.39 is 0 Å². The van der Waals surface area contributed by atoms with Crippen molar-refractivity contribution in [2.75, 3.05) is 14.2 Å². The van der Waals surface area contributed by atoms with Crippen LogP contribution in [-0.2, 0) is 22.7 Å². The van der Waals surface area contributed by atoms with Crippen molar-refractivity contribution in [1.29, 1.82) is 0 Å². The summed E-state index contributed by atoms with van der Waals surface area (Å²) < 4.78 is 13.3. The van der Waals surface area contributed by atoms with Crippen LogP contribution in [0.2, 0.25) is 0 Å². The second kappa shape index (κ2) is 8.75.